The van der Waals surface area contributed by atoms with Crippen LogP contribution in [0.1, 0.15) is 18.4 Å². The van der Waals surface area contributed by atoms with Crippen LogP contribution in [0.2, 0.25) is 10.0 Å². The van der Waals surface area contributed by atoms with Gasteiger partial charge in [-0.3, -0.25) is 9.98 Å². The van der Waals surface area contributed by atoms with E-state index in [1.54, 1.807) is 20.3 Å². The van der Waals surface area contributed by atoms with Crippen molar-refractivity contribution >= 4 is 40.7 Å². The van der Waals surface area contributed by atoms with Crippen molar-refractivity contribution in [2.75, 3.05) is 58.9 Å². The normalized spacial score (nSPS) is 15.6. The Hall–Kier alpha value is -2.90. The summed E-state index contributed by atoms with van der Waals surface area (Å²) in [7, 11) is 5.43. The third-order valence-corrected chi connectivity index (χ3v) is 6.52. The number of methoxy groups -OCH3 is 2. The molecule has 0 radical (unpaired) electrons. The molecule has 0 aliphatic carbocycles. The molecule has 0 bridgehead atoms. The summed E-state index contributed by atoms with van der Waals surface area (Å²) in [5, 5.41) is 4.42. The molecular formula is C27H35Cl2N5O2. The number of amidine groups is 1. The standard InChI is InChI=1S/C15H22N2O2.C12H13Cl2N3/c1-17-10-4-5-15(17)16-9-8-12-6-7-13(18-2)14(11-12)19-3;1-2-8-17(12-15-6-7-16-12)11-9(13)4-3-5-10(11)14/h6-7,11H,4-5,8-10H2,1-3H3;2-5H,1,6-8H2,(H,15,16)/b16-15-;. The van der Waals surface area contributed by atoms with Gasteiger partial charge in [0.1, 0.15) is 0 Å². The first-order valence-corrected chi connectivity index (χ1v) is 12.8. The van der Waals surface area contributed by atoms with E-state index in [9.17, 15) is 0 Å². The van der Waals surface area contributed by atoms with E-state index in [1.807, 2.05) is 35.2 Å². The summed E-state index contributed by atoms with van der Waals surface area (Å²) in [6, 6.07) is 11.5. The van der Waals surface area contributed by atoms with Crippen LogP contribution >= 0.6 is 23.2 Å². The fourth-order valence-corrected chi connectivity index (χ4v) is 4.67. The highest BCUT2D eigenvalue weighted by Crippen LogP contribution is 2.33. The first-order valence-electron chi connectivity index (χ1n) is 12.0. The third-order valence-electron chi connectivity index (χ3n) is 5.91. The molecule has 2 aromatic carbocycles. The Morgan fingerprint density at radius 1 is 1.17 bits per heavy atom. The molecule has 2 aromatic rings. The zero-order chi connectivity index (χ0) is 25.9. The van der Waals surface area contributed by atoms with Gasteiger partial charge in [0.05, 0.1) is 42.3 Å². The molecule has 0 aromatic heterocycles. The summed E-state index contributed by atoms with van der Waals surface area (Å²) in [4.78, 5) is 13.2. The predicted molar refractivity (Wildman–Crippen MR) is 152 cm³/mol. The molecular weight excluding hydrogens is 497 g/mol. The molecule has 36 heavy (non-hydrogen) atoms. The number of aliphatic imine (C=N–C) groups is 2. The van der Waals surface area contributed by atoms with Gasteiger partial charge in [-0.1, -0.05) is 41.4 Å². The van der Waals surface area contributed by atoms with Crippen molar-refractivity contribution in [2.24, 2.45) is 9.98 Å². The lowest BCUT2D eigenvalue weighted by molar-refractivity contribution is 0.354. The molecule has 0 spiro atoms. The lowest BCUT2D eigenvalue weighted by Gasteiger charge is -2.25. The number of hydrogen-bond donors (Lipinski definition) is 1. The van der Waals surface area contributed by atoms with Crippen LogP contribution in [0.15, 0.2) is 59.0 Å². The van der Waals surface area contributed by atoms with Gasteiger partial charge in [-0.25, -0.2) is 0 Å². The highest BCUT2D eigenvalue weighted by atomic mass is 35.5. The van der Waals surface area contributed by atoms with E-state index in [-0.39, 0.29) is 0 Å². The summed E-state index contributed by atoms with van der Waals surface area (Å²) in [6.45, 7) is 7.92. The largest absolute Gasteiger partial charge is 0.493 e. The lowest BCUT2D eigenvalue weighted by atomic mass is 10.1. The van der Waals surface area contributed by atoms with E-state index in [4.69, 9.17) is 32.7 Å². The second-order valence-electron chi connectivity index (χ2n) is 8.36. The Kier molecular flexibility index (Phi) is 10.8. The SMILES string of the molecule is C=CCN(C1=NCCN1)c1c(Cl)cccc1Cl.COc1ccc(CC/N=C2/CCCN2C)cc1OC. The average Bonchev–Trinajstić information content (AvgIpc) is 3.56. The number of likely N-dealkylation sites (tertiary alicyclic amines) is 1. The van der Waals surface area contributed by atoms with Gasteiger partial charge in [0.2, 0.25) is 0 Å². The minimum absolute atomic E-state index is 0.606. The van der Waals surface area contributed by atoms with Crippen LogP contribution in [0.5, 0.6) is 11.5 Å². The Labute approximate surface area is 224 Å². The Morgan fingerprint density at radius 3 is 2.50 bits per heavy atom. The number of ether oxygens (including phenoxy) is 2. The van der Waals surface area contributed by atoms with Crippen molar-refractivity contribution in [1.29, 1.82) is 0 Å². The zero-order valence-corrected chi connectivity index (χ0v) is 22.8. The maximum atomic E-state index is 6.20. The van der Waals surface area contributed by atoms with E-state index < -0.39 is 0 Å². The fourth-order valence-electron chi connectivity index (χ4n) is 4.07. The molecule has 2 aliphatic heterocycles. The van der Waals surface area contributed by atoms with E-state index in [0.29, 0.717) is 16.6 Å². The maximum absolute atomic E-state index is 6.20. The second kappa shape index (κ2) is 14.0. The second-order valence-corrected chi connectivity index (χ2v) is 9.18. The molecule has 0 atom stereocenters. The molecule has 0 saturated carbocycles. The van der Waals surface area contributed by atoms with Crippen molar-refractivity contribution < 1.29 is 9.47 Å². The van der Waals surface area contributed by atoms with E-state index >= 15 is 0 Å². The number of halogens is 2. The van der Waals surface area contributed by atoms with Crippen molar-refractivity contribution in [1.82, 2.24) is 10.2 Å². The monoisotopic (exact) mass is 531 g/mol. The topological polar surface area (TPSA) is 61.7 Å². The van der Waals surface area contributed by atoms with Gasteiger partial charge >= 0.3 is 0 Å². The third kappa shape index (κ3) is 7.31. The molecule has 7 nitrogen and oxygen atoms in total. The molecule has 1 fully saturated rings. The van der Waals surface area contributed by atoms with Crippen LogP contribution in [-0.4, -0.2) is 70.7 Å². The highest BCUT2D eigenvalue weighted by Gasteiger charge is 2.20. The number of nitrogens with zero attached hydrogens (tertiary/aromatic N) is 4. The van der Waals surface area contributed by atoms with Crippen LogP contribution in [-0.2, 0) is 6.42 Å². The van der Waals surface area contributed by atoms with Gasteiger partial charge in [0, 0.05) is 39.6 Å². The molecule has 2 heterocycles. The Bertz CT molecular complexity index is 1070. The summed E-state index contributed by atoms with van der Waals surface area (Å²) < 4.78 is 10.5. The van der Waals surface area contributed by atoms with Gasteiger partial charge in [-0.05, 0) is 42.7 Å². The summed E-state index contributed by atoms with van der Waals surface area (Å²) in [5.41, 5.74) is 1.99. The molecule has 2 aliphatic rings. The van der Waals surface area contributed by atoms with Gasteiger partial charge in [-0.15, -0.1) is 6.58 Å². The highest BCUT2D eigenvalue weighted by molar-refractivity contribution is 6.40. The molecule has 0 amide bonds. The van der Waals surface area contributed by atoms with Gasteiger partial charge in [-0.2, -0.15) is 0 Å². The van der Waals surface area contributed by atoms with Crippen LogP contribution in [0.4, 0.5) is 5.69 Å². The first kappa shape index (κ1) is 27.7. The number of hydrogen-bond acceptors (Lipinski definition) is 6. The Balaban J connectivity index is 0.000000202. The maximum Gasteiger partial charge on any atom is 0.199 e. The lowest BCUT2D eigenvalue weighted by Crippen LogP contribution is -2.39. The summed E-state index contributed by atoms with van der Waals surface area (Å²) in [6.07, 6.45) is 5.06. The van der Waals surface area contributed by atoms with E-state index in [2.05, 4.69) is 39.9 Å². The van der Waals surface area contributed by atoms with Crippen molar-refractivity contribution in [3.63, 3.8) is 0 Å². The zero-order valence-electron chi connectivity index (χ0n) is 21.3. The first-order chi connectivity index (χ1) is 17.5. The molecule has 4 rings (SSSR count). The van der Waals surface area contributed by atoms with Gasteiger partial charge in [0.15, 0.2) is 17.5 Å². The molecule has 9 heteroatoms. The van der Waals surface area contributed by atoms with Crippen molar-refractivity contribution in [2.45, 2.75) is 19.3 Å². The number of nitrogens with one attached hydrogen (secondary N) is 1. The predicted octanol–water partition coefficient (Wildman–Crippen LogP) is 5.32. The minimum Gasteiger partial charge on any atom is -0.493 e. The van der Waals surface area contributed by atoms with E-state index in [0.717, 1.165) is 62.2 Å². The Morgan fingerprint density at radius 2 is 1.92 bits per heavy atom. The quantitative estimate of drug-likeness (QED) is 0.467. The van der Waals surface area contributed by atoms with Crippen LogP contribution < -0.4 is 19.7 Å². The molecule has 0 unspecified atom stereocenters. The van der Waals surface area contributed by atoms with E-state index in [1.165, 1.54) is 17.8 Å². The van der Waals surface area contributed by atoms with Crippen LogP contribution in [0, 0.1) is 0 Å². The van der Waals surface area contributed by atoms with Crippen LogP contribution in [0.25, 0.3) is 0 Å². The van der Waals surface area contributed by atoms with Gasteiger partial charge in [0.25, 0.3) is 0 Å². The summed E-state index contributed by atoms with van der Waals surface area (Å²) in [5.74, 6) is 3.58. The molecule has 1 N–H and O–H groups in total. The van der Waals surface area contributed by atoms with Crippen molar-refractivity contribution in [3.05, 3.63) is 64.7 Å². The number of rotatable bonds is 8. The number of guanidine groups is 1. The number of anilines is 1. The van der Waals surface area contributed by atoms with Crippen LogP contribution in [0.3, 0.4) is 0 Å². The number of para-hydroxylation sites is 1. The fraction of sp³-hybridized carbons (Fsp3) is 0.407. The minimum atomic E-state index is 0.606. The molecule has 1 saturated heterocycles. The smallest absolute Gasteiger partial charge is 0.199 e. The van der Waals surface area contributed by atoms with Gasteiger partial charge < -0.3 is 24.6 Å². The average molecular weight is 533 g/mol. The molecule has 194 valence electrons. The summed E-state index contributed by atoms with van der Waals surface area (Å²) >= 11 is 12.4. The number of benzene rings is 2. The van der Waals surface area contributed by atoms with Crippen molar-refractivity contribution in [3.8, 4) is 11.5 Å².